The van der Waals surface area contributed by atoms with Gasteiger partial charge in [-0.3, -0.25) is 4.98 Å². The van der Waals surface area contributed by atoms with Gasteiger partial charge in [-0.2, -0.15) is 0 Å². The average Bonchev–Trinajstić information content (AvgIpc) is 3.13. The molecule has 0 amide bonds. The molecule has 3 aromatic carbocycles. The smallest absolute Gasteiger partial charge is 0.219 e. The highest BCUT2D eigenvalue weighted by atomic mass is 31.2. The largest absolute Gasteiger partial charge is 0.439 e. The Morgan fingerprint density at radius 1 is 0.714 bits per heavy atom. The van der Waals surface area contributed by atoms with Crippen LogP contribution in [-0.2, 0) is 4.57 Å². The van der Waals surface area contributed by atoms with E-state index in [-0.39, 0.29) is 0 Å². The predicted octanol–water partition coefficient (Wildman–Crippen LogP) is 6.17. The molecule has 35 heavy (non-hydrogen) atoms. The van der Waals surface area contributed by atoms with Crippen molar-refractivity contribution in [3.05, 3.63) is 115 Å². The maximum absolute atomic E-state index is 14.8. The van der Waals surface area contributed by atoms with Crippen molar-refractivity contribution >= 4 is 23.2 Å². The number of aryl methyl sites for hydroxylation is 2. The first kappa shape index (κ1) is 21.5. The van der Waals surface area contributed by atoms with Crippen LogP contribution in [0.2, 0.25) is 0 Å². The van der Waals surface area contributed by atoms with Gasteiger partial charge in [0.05, 0.1) is 0 Å². The molecule has 6 rings (SSSR count). The van der Waals surface area contributed by atoms with E-state index in [1.165, 1.54) is 0 Å². The van der Waals surface area contributed by atoms with E-state index >= 15 is 0 Å². The lowest BCUT2D eigenvalue weighted by atomic mass is 10.0. The zero-order valence-corrected chi connectivity index (χ0v) is 20.4. The van der Waals surface area contributed by atoms with Gasteiger partial charge in [0.15, 0.2) is 7.14 Å². The summed E-state index contributed by atoms with van der Waals surface area (Å²) in [6, 6.07) is 31.7. The van der Waals surface area contributed by atoms with Crippen LogP contribution in [-0.4, -0.2) is 9.97 Å². The molecule has 1 aliphatic rings. The standard InChI is InChI=1S/C30H23N2O2P/c1-20-15-16-31-30(17-20)35(33)27-11-4-3-10-25(27)26-14-13-23(19-28(26)35)22-8-6-9-24(18-22)34-29-12-5-7-21(2)32-29/h3-19H,1-2H3. The van der Waals surface area contributed by atoms with Gasteiger partial charge >= 0.3 is 0 Å². The molecule has 0 N–H and O–H groups in total. The molecule has 0 radical (unpaired) electrons. The maximum Gasteiger partial charge on any atom is 0.219 e. The van der Waals surface area contributed by atoms with Crippen LogP contribution in [0.3, 0.4) is 0 Å². The van der Waals surface area contributed by atoms with E-state index in [1.807, 2.05) is 92.7 Å². The Hall–Kier alpha value is -4.01. The van der Waals surface area contributed by atoms with Crippen molar-refractivity contribution in [3.8, 4) is 33.9 Å². The predicted molar refractivity (Wildman–Crippen MR) is 142 cm³/mol. The van der Waals surface area contributed by atoms with Crippen molar-refractivity contribution in [1.29, 1.82) is 0 Å². The molecule has 0 spiro atoms. The molecule has 0 fully saturated rings. The minimum atomic E-state index is -3.10. The maximum atomic E-state index is 14.8. The van der Waals surface area contributed by atoms with Crippen LogP contribution in [0.5, 0.6) is 11.6 Å². The third-order valence-corrected chi connectivity index (χ3v) is 9.35. The molecule has 1 atom stereocenters. The van der Waals surface area contributed by atoms with Crippen LogP contribution in [0, 0.1) is 13.8 Å². The van der Waals surface area contributed by atoms with Gasteiger partial charge in [0, 0.05) is 28.6 Å². The summed E-state index contributed by atoms with van der Waals surface area (Å²) in [5.41, 5.74) is 6.56. The van der Waals surface area contributed by atoms with Gasteiger partial charge in [-0.15, -0.1) is 0 Å². The first-order valence-corrected chi connectivity index (χ1v) is 13.2. The fourth-order valence-electron chi connectivity index (χ4n) is 4.68. The van der Waals surface area contributed by atoms with Gasteiger partial charge < -0.3 is 9.30 Å². The first-order valence-electron chi connectivity index (χ1n) is 11.5. The van der Waals surface area contributed by atoms with Crippen molar-refractivity contribution in [3.63, 3.8) is 0 Å². The monoisotopic (exact) mass is 474 g/mol. The molecule has 0 saturated carbocycles. The second-order valence-corrected chi connectivity index (χ2v) is 11.4. The summed E-state index contributed by atoms with van der Waals surface area (Å²) in [7, 11) is -3.10. The summed E-state index contributed by atoms with van der Waals surface area (Å²) in [6.45, 7) is 3.94. The summed E-state index contributed by atoms with van der Waals surface area (Å²) in [6.07, 6.45) is 1.74. The number of aromatic nitrogens is 2. The van der Waals surface area contributed by atoms with Crippen molar-refractivity contribution in [2.75, 3.05) is 0 Å². The Morgan fingerprint density at radius 3 is 2.37 bits per heavy atom. The summed E-state index contributed by atoms with van der Waals surface area (Å²) in [5.74, 6) is 1.26. The fraction of sp³-hybridized carbons (Fsp3) is 0.0667. The van der Waals surface area contributed by atoms with E-state index in [0.717, 1.165) is 44.1 Å². The zero-order chi connectivity index (χ0) is 24.0. The fourth-order valence-corrected chi connectivity index (χ4v) is 7.73. The Kier molecular flexibility index (Phi) is 5.12. The van der Waals surface area contributed by atoms with Crippen LogP contribution < -0.4 is 20.8 Å². The number of pyridine rings is 2. The van der Waals surface area contributed by atoms with Crippen molar-refractivity contribution in [2.24, 2.45) is 0 Å². The van der Waals surface area contributed by atoms with Gasteiger partial charge in [0.1, 0.15) is 11.2 Å². The highest BCUT2D eigenvalue weighted by Crippen LogP contribution is 2.52. The molecule has 0 saturated heterocycles. The molecule has 2 aromatic heterocycles. The first-order chi connectivity index (χ1) is 17.0. The second-order valence-electron chi connectivity index (χ2n) is 8.80. The van der Waals surface area contributed by atoms with E-state index in [1.54, 1.807) is 6.20 Å². The molecular weight excluding hydrogens is 451 g/mol. The normalized spacial score (nSPS) is 15.9. The van der Waals surface area contributed by atoms with Gasteiger partial charge in [-0.05, 0) is 78.1 Å². The third kappa shape index (κ3) is 3.67. The Labute approximate surface area is 204 Å². The molecule has 0 bridgehead atoms. The van der Waals surface area contributed by atoms with Crippen molar-refractivity contribution < 1.29 is 9.30 Å². The number of ether oxygens (including phenoxy) is 1. The molecule has 3 heterocycles. The minimum Gasteiger partial charge on any atom is -0.439 e. The average molecular weight is 475 g/mol. The van der Waals surface area contributed by atoms with Crippen LogP contribution in [0.15, 0.2) is 103 Å². The quantitative estimate of drug-likeness (QED) is 0.287. The highest BCUT2D eigenvalue weighted by Gasteiger charge is 2.41. The summed E-state index contributed by atoms with van der Waals surface area (Å²) in [5, 5.41) is 1.69. The molecule has 5 heteroatoms. The summed E-state index contributed by atoms with van der Waals surface area (Å²) >= 11 is 0. The van der Waals surface area contributed by atoms with Gasteiger partial charge in [-0.1, -0.05) is 54.6 Å². The van der Waals surface area contributed by atoms with Crippen LogP contribution in [0.25, 0.3) is 22.3 Å². The molecule has 1 aliphatic heterocycles. The SMILES string of the molecule is Cc1ccnc(P2(=O)c3ccccc3-c3ccc(-c4cccc(Oc5cccc(C)n5)c4)cc32)c1. The lowest BCUT2D eigenvalue weighted by Crippen LogP contribution is -2.23. The number of benzene rings is 3. The van der Waals surface area contributed by atoms with Crippen molar-refractivity contribution in [2.45, 2.75) is 13.8 Å². The molecule has 4 nitrogen and oxygen atoms in total. The summed E-state index contributed by atoms with van der Waals surface area (Å²) in [4.78, 5) is 9.01. The van der Waals surface area contributed by atoms with E-state index in [4.69, 9.17) is 4.74 Å². The molecule has 1 unspecified atom stereocenters. The molecule has 0 aliphatic carbocycles. The van der Waals surface area contributed by atoms with Crippen LogP contribution >= 0.6 is 7.14 Å². The minimum absolute atomic E-state index is 0.557. The molecular formula is C30H23N2O2P. The topological polar surface area (TPSA) is 52.1 Å². The summed E-state index contributed by atoms with van der Waals surface area (Å²) < 4.78 is 20.9. The van der Waals surface area contributed by atoms with E-state index in [9.17, 15) is 4.57 Å². The Morgan fingerprint density at radius 2 is 1.51 bits per heavy atom. The van der Waals surface area contributed by atoms with Gasteiger partial charge in [-0.25, -0.2) is 4.98 Å². The number of hydrogen-bond donors (Lipinski definition) is 0. The Bertz CT molecular complexity index is 1640. The van der Waals surface area contributed by atoms with E-state index in [2.05, 4.69) is 28.2 Å². The Balaban J connectivity index is 1.47. The van der Waals surface area contributed by atoms with Gasteiger partial charge in [0.2, 0.25) is 5.88 Å². The van der Waals surface area contributed by atoms with Crippen LogP contribution in [0.1, 0.15) is 11.3 Å². The number of rotatable bonds is 4. The zero-order valence-electron chi connectivity index (χ0n) is 19.5. The number of fused-ring (bicyclic) bond motifs is 3. The van der Waals surface area contributed by atoms with E-state index in [0.29, 0.717) is 17.1 Å². The molecule has 170 valence electrons. The third-order valence-electron chi connectivity index (χ3n) is 6.35. The lowest BCUT2D eigenvalue weighted by Gasteiger charge is -2.16. The lowest BCUT2D eigenvalue weighted by molar-refractivity contribution is 0.462. The van der Waals surface area contributed by atoms with E-state index < -0.39 is 7.14 Å². The number of hydrogen-bond acceptors (Lipinski definition) is 4. The highest BCUT2D eigenvalue weighted by molar-refractivity contribution is 7.86. The van der Waals surface area contributed by atoms with Crippen molar-refractivity contribution in [1.82, 2.24) is 9.97 Å². The number of nitrogens with zero attached hydrogens (tertiary/aromatic N) is 2. The van der Waals surface area contributed by atoms with Gasteiger partial charge in [0.25, 0.3) is 0 Å². The van der Waals surface area contributed by atoms with Crippen LogP contribution in [0.4, 0.5) is 0 Å². The molecule has 5 aromatic rings. The second kappa shape index (κ2) is 8.33.